The van der Waals surface area contributed by atoms with Gasteiger partial charge in [0.15, 0.2) is 0 Å². The molecule has 0 saturated heterocycles. The van der Waals surface area contributed by atoms with Crippen molar-refractivity contribution in [2.45, 2.75) is 31.8 Å². The van der Waals surface area contributed by atoms with Gasteiger partial charge in [-0.1, -0.05) is 31.9 Å². The largest absolute Gasteiger partial charge is 0.312 e. The highest BCUT2D eigenvalue weighted by Gasteiger charge is 2.13. The summed E-state index contributed by atoms with van der Waals surface area (Å²) >= 11 is 1.84. The molecule has 0 saturated carbocycles. The number of para-hydroxylation sites is 2. The lowest BCUT2D eigenvalue weighted by molar-refractivity contribution is 0.709. The molecule has 2 aromatic heterocycles. The van der Waals surface area contributed by atoms with Gasteiger partial charge in [0.05, 0.1) is 11.0 Å². The van der Waals surface area contributed by atoms with Crippen molar-refractivity contribution >= 4 is 31.1 Å². The van der Waals surface area contributed by atoms with Gasteiger partial charge in [-0.15, -0.1) is 11.3 Å². The number of aromatic nitrogens is 2. The fraction of sp³-hybridized carbons (Fsp3) is 0.312. The van der Waals surface area contributed by atoms with Crippen molar-refractivity contribution in [2.75, 3.05) is 0 Å². The maximum Gasteiger partial charge on any atom is 0.101 e. The summed E-state index contributed by atoms with van der Waals surface area (Å²) in [4.78, 5) is 5.87. The Bertz CT molecular complexity index is 719. The van der Waals surface area contributed by atoms with E-state index in [-0.39, 0.29) is 0 Å². The number of unbranched alkanes of at least 4 members (excludes halogenated alkanes) is 1. The highest BCUT2D eigenvalue weighted by molar-refractivity contribution is 7.36. The second-order valence-corrected chi connectivity index (χ2v) is 7.26. The van der Waals surface area contributed by atoms with Crippen LogP contribution in [0.2, 0.25) is 0 Å². The van der Waals surface area contributed by atoms with Crippen LogP contribution < -0.4 is 5.50 Å². The van der Waals surface area contributed by atoms with Crippen LogP contribution in [0.4, 0.5) is 0 Å². The van der Waals surface area contributed by atoms with Crippen molar-refractivity contribution in [3.05, 3.63) is 47.6 Å². The van der Waals surface area contributed by atoms with E-state index in [1.807, 2.05) is 29.8 Å². The Balaban J connectivity index is 1.90. The fourth-order valence-electron chi connectivity index (χ4n) is 2.51. The van der Waals surface area contributed by atoms with Gasteiger partial charge < -0.3 is 5.50 Å². The lowest BCUT2D eigenvalue weighted by Gasteiger charge is -2.11. The quantitative estimate of drug-likeness (QED) is 0.659. The molecule has 2 heterocycles. The van der Waals surface area contributed by atoms with Crippen molar-refractivity contribution in [2.24, 2.45) is 5.50 Å². The minimum Gasteiger partial charge on any atom is -0.312 e. The van der Waals surface area contributed by atoms with Gasteiger partial charge >= 0.3 is 0 Å². The lowest BCUT2D eigenvalue weighted by atomic mass is 10.2. The van der Waals surface area contributed by atoms with Gasteiger partial charge in [-0.05, 0) is 39.4 Å². The van der Waals surface area contributed by atoms with Crippen LogP contribution in [0.5, 0.6) is 0 Å². The predicted molar refractivity (Wildman–Crippen MR) is 93.7 cm³/mol. The summed E-state index contributed by atoms with van der Waals surface area (Å²) in [6.45, 7) is 2.23. The summed E-state index contributed by atoms with van der Waals surface area (Å²) in [5.74, 6) is 0. The SMILES string of the molecule is CCCCC(PN)c1ccc(-n2cnc3ccccc32)s1. The molecule has 0 fully saturated rings. The molecule has 2 atom stereocenters. The fourth-order valence-corrected chi connectivity index (χ4v) is 4.54. The van der Waals surface area contributed by atoms with E-state index in [1.165, 1.54) is 29.1 Å². The summed E-state index contributed by atoms with van der Waals surface area (Å²) in [5, 5.41) is 1.22. The number of benzene rings is 1. The van der Waals surface area contributed by atoms with Crippen molar-refractivity contribution in [3.63, 3.8) is 0 Å². The first-order chi connectivity index (χ1) is 10.3. The third-order valence-electron chi connectivity index (χ3n) is 3.69. The van der Waals surface area contributed by atoms with E-state index in [0.717, 1.165) is 11.0 Å². The van der Waals surface area contributed by atoms with Crippen LogP contribution in [-0.2, 0) is 0 Å². The molecule has 3 rings (SSSR count). The van der Waals surface area contributed by atoms with Crippen LogP contribution in [0.15, 0.2) is 42.7 Å². The van der Waals surface area contributed by atoms with Gasteiger partial charge in [0.2, 0.25) is 0 Å². The molecule has 2 N–H and O–H groups in total. The molecule has 0 radical (unpaired) electrons. The first-order valence-electron chi connectivity index (χ1n) is 7.31. The van der Waals surface area contributed by atoms with Gasteiger partial charge in [-0.2, -0.15) is 0 Å². The smallest absolute Gasteiger partial charge is 0.101 e. The van der Waals surface area contributed by atoms with Gasteiger partial charge in [-0.25, -0.2) is 4.98 Å². The number of nitrogens with zero attached hydrogens (tertiary/aromatic N) is 2. The molecule has 2 unspecified atom stereocenters. The molecular weight excluding hydrogens is 297 g/mol. The third-order valence-corrected chi connectivity index (χ3v) is 6.10. The zero-order valence-corrected chi connectivity index (χ0v) is 13.9. The summed E-state index contributed by atoms with van der Waals surface area (Å²) in [5.41, 5.74) is 8.69. The van der Waals surface area contributed by atoms with Crippen LogP contribution in [-0.4, -0.2) is 9.55 Å². The van der Waals surface area contributed by atoms with Crippen LogP contribution in [0.3, 0.4) is 0 Å². The van der Waals surface area contributed by atoms with Crippen LogP contribution in [0.1, 0.15) is 36.7 Å². The lowest BCUT2D eigenvalue weighted by Crippen LogP contribution is -1.92. The summed E-state index contributed by atoms with van der Waals surface area (Å²) in [6, 6.07) is 12.7. The molecule has 1 aromatic carbocycles. The molecule has 3 nitrogen and oxygen atoms in total. The van der Waals surface area contributed by atoms with Crippen LogP contribution >= 0.6 is 20.1 Å². The molecule has 0 amide bonds. The van der Waals surface area contributed by atoms with Crippen molar-refractivity contribution in [3.8, 4) is 5.00 Å². The number of fused-ring (bicyclic) bond motifs is 1. The van der Waals surface area contributed by atoms with Crippen LogP contribution in [0, 0.1) is 0 Å². The predicted octanol–water partition coefficient (Wildman–Crippen LogP) is 4.87. The van der Waals surface area contributed by atoms with E-state index >= 15 is 0 Å². The molecule has 0 aliphatic carbocycles. The molecule has 21 heavy (non-hydrogen) atoms. The molecule has 3 aromatic rings. The number of rotatable bonds is 6. The first-order valence-corrected chi connectivity index (χ1v) is 9.29. The number of hydrogen-bond acceptors (Lipinski definition) is 3. The normalized spacial score (nSPS) is 13.4. The zero-order chi connectivity index (χ0) is 14.7. The van der Waals surface area contributed by atoms with E-state index in [1.54, 1.807) is 0 Å². The molecule has 0 aliphatic heterocycles. The minimum atomic E-state index is 0.482. The Morgan fingerprint density at radius 2 is 2.14 bits per heavy atom. The highest BCUT2D eigenvalue weighted by Crippen LogP contribution is 2.39. The number of nitrogens with two attached hydrogens (primary N) is 1. The average molecular weight is 317 g/mol. The van der Waals surface area contributed by atoms with E-state index in [4.69, 9.17) is 5.50 Å². The Hall–Kier alpha value is -1.22. The molecular formula is C16H20N3PS. The van der Waals surface area contributed by atoms with E-state index in [2.05, 4.69) is 40.7 Å². The molecule has 0 aliphatic rings. The maximum absolute atomic E-state index is 5.98. The van der Waals surface area contributed by atoms with Crippen molar-refractivity contribution in [1.29, 1.82) is 0 Å². The number of imidazole rings is 1. The van der Waals surface area contributed by atoms with Gasteiger partial charge in [0.25, 0.3) is 0 Å². The Morgan fingerprint density at radius 1 is 1.29 bits per heavy atom. The van der Waals surface area contributed by atoms with Gasteiger partial charge in [0.1, 0.15) is 11.3 Å². The number of hydrogen-bond donors (Lipinski definition) is 1. The summed E-state index contributed by atoms with van der Waals surface area (Å²) in [7, 11) is 0.482. The molecule has 110 valence electrons. The van der Waals surface area contributed by atoms with Gasteiger partial charge in [0, 0.05) is 10.5 Å². The van der Waals surface area contributed by atoms with E-state index in [0.29, 0.717) is 14.4 Å². The molecule has 0 spiro atoms. The van der Waals surface area contributed by atoms with Crippen LogP contribution in [0.25, 0.3) is 16.0 Å². The Labute approximate surface area is 131 Å². The Kier molecular flexibility index (Phi) is 4.69. The van der Waals surface area contributed by atoms with Gasteiger partial charge in [-0.3, -0.25) is 4.57 Å². The standard InChI is InChI=1S/C16H20N3PS/c1-2-3-8-14(20-17)15-9-10-16(21-15)19-11-18-12-6-4-5-7-13(12)19/h4-7,9-11,14,20H,2-3,8,17H2,1H3. The second-order valence-electron chi connectivity index (χ2n) is 5.14. The van der Waals surface area contributed by atoms with Crippen molar-refractivity contribution < 1.29 is 0 Å². The first kappa shape index (κ1) is 14.7. The monoisotopic (exact) mass is 317 g/mol. The third kappa shape index (κ3) is 3.03. The molecule has 0 bridgehead atoms. The van der Waals surface area contributed by atoms with E-state index in [9.17, 15) is 0 Å². The van der Waals surface area contributed by atoms with Crippen molar-refractivity contribution in [1.82, 2.24) is 9.55 Å². The zero-order valence-electron chi connectivity index (χ0n) is 12.1. The summed E-state index contributed by atoms with van der Waals surface area (Å²) in [6.07, 6.45) is 5.57. The van der Waals surface area contributed by atoms with E-state index < -0.39 is 0 Å². The topological polar surface area (TPSA) is 43.8 Å². The Morgan fingerprint density at radius 3 is 2.95 bits per heavy atom. The minimum absolute atomic E-state index is 0.482. The average Bonchev–Trinajstić information content (AvgIpc) is 3.14. The highest BCUT2D eigenvalue weighted by atomic mass is 32.1. The maximum atomic E-state index is 5.98. The second kappa shape index (κ2) is 6.69. The number of thiophene rings is 1. The summed E-state index contributed by atoms with van der Waals surface area (Å²) < 4.78 is 2.17. The molecule has 5 heteroatoms.